The van der Waals surface area contributed by atoms with Crippen molar-refractivity contribution in [3.8, 4) is 0 Å². The lowest BCUT2D eigenvalue weighted by atomic mass is 9.77. The van der Waals surface area contributed by atoms with Crippen molar-refractivity contribution in [2.75, 3.05) is 0 Å². The summed E-state index contributed by atoms with van der Waals surface area (Å²) in [6, 6.07) is 0. The van der Waals surface area contributed by atoms with Gasteiger partial charge in [0.15, 0.2) is 0 Å². The highest BCUT2D eigenvalue weighted by atomic mass is 19.1. The molecule has 1 aliphatic rings. The van der Waals surface area contributed by atoms with Crippen molar-refractivity contribution < 1.29 is 4.39 Å². The highest BCUT2D eigenvalue weighted by molar-refractivity contribution is 5.86. The first-order valence-electron chi connectivity index (χ1n) is 14.1. The molecule has 0 unspecified atom stereocenters. The van der Waals surface area contributed by atoms with E-state index in [-0.39, 0.29) is 0 Å². The maximum Gasteiger partial charge on any atom is 0.0827 e. The number of hydrogen-bond acceptors (Lipinski definition) is 0. The molecule has 0 aromatic heterocycles. The molecule has 0 atom stereocenters. The number of halogens is 1. The van der Waals surface area contributed by atoms with Crippen molar-refractivity contribution in [3.05, 3.63) is 79.2 Å². The van der Waals surface area contributed by atoms with Crippen LogP contribution in [0.25, 0.3) is 11.6 Å². The Morgan fingerprint density at radius 3 is 1.64 bits per heavy atom. The highest BCUT2D eigenvalue weighted by Gasteiger charge is 2.22. The summed E-state index contributed by atoms with van der Waals surface area (Å²) in [5.41, 5.74) is 18.7. The van der Waals surface area contributed by atoms with Crippen LogP contribution in [-0.4, -0.2) is 0 Å². The maximum absolute atomic E-state index is 12.4. The topological polar surface area (TPSA) is 0 Å². The standard InChI is InChI=1S/C35H49F/c1-21(35-29(9)23(3)22(2)24(4)30(35)10)20-34-27(7)25(5)33(26(6)28(34)8)18-17-32-15-13-31(14-16-32)12-11-19-36/h11,19-20,31-32H,12-18H2,1-10H3/b19-11+,21-20+. The van der Waals surface area contributed by atoms with Gasteiger partial charge in [0.25, 0.3) is 0 Å². The van der Waals surface area contributed by atoms with Gasteiger partial charge in [-0.05, 0) is 186 Å². The molecule has 0 saturated heterocycles. The fraction of sp³-hybridized carbons (Fsp3) is 0.543. The van der Waals surface area contributed by atoms with E-state index in [9.17, 15) is 4.39 Å². The van der Waals surface area contributed by atoms with E-state index in [1.54, 1.807) is 11.6 Å². The molecule has 0 amide bonds. The summed E-state index contributed by atoms with van der Waals surface area (Å²) in [5.74, 6) is 1.50. The third-order valence-electron chi connectivity index (χ3n) is 9.92. The summed E-state index contributed by atoms with van der Waals surface area (Å²) in [6.45, 7) is 22.9. The van der Waals surface area contributed by atoms with E-state index in [1.807, 2.05) is 0 Å². The minimum Gasteiger partial charge on any atom is -0.216 e. The Kier molecular flexibility index (Phi) is 9.42. The monoisotopic (exact) mass is 488 g/mol. The molecule has 0 spiro atoms. The minimum absolute atomic E-state index is 0.684. The summed E-state index contributed by atoms with van der Waals surface area (Å²) >= 11 is 0. The summed E-state index contributed by atoms with van der Waals surface area (Å²) in [7, 11) is 0. The largest absolute Gasteiger partial charge is 0.216 e. The van der Waals surface area contributed by atoms with Gasteiger partial charge in [0.1, 0.15) is 0 Å². The van der Waals surface area contributed by atoms with Crippen molar-refractivity contribution >= 4 is 11.6 Å². The molecule has 0 aliphatic heterocycles. The summed E-state index contributed by atoms with van der Waals surface area (Å²) in [4.78, 5) is 0. The Hall–Kier alpha value is -2.15. The zero-order valence-corrected chi connectivity index (χ0v) is 24.7. The lowest BCUT2D eigenvalue weighted by Gasteiger charge is -2.28. The normalized spacial score (nSPS) is 18.9. The quantitative estimate of drug-likeness (QED) is 0.340. The molecule has 0 bridgehead atoms. The van der Waals surface area contributed by atoms with Gasteiger partial charge >= 0.3 is 0 Å². The molecule has 1 heteroatoms. The molecule has 0 N–H and O–H groups in total. The second-order valence-corrected chi connectivity index (χ2v) is 11.7. The van der Waals surface area contributed by atoms with Crippen molar-refractivity contribution in [1.82, 2.24) is 0 Å². The van der Waals surface area contributed by atoms with E-state index in [0.717, 1.165) is 12.3 Å². The average molecular weight is 489 g/mol. The maximum atomic E-state index is 12.4. The van der Waals surface area contributed by atoms with Gasteiger partial charge in [-0.15, -0.1) is 0 Å². The Bertz CT molecular complexity index is 1110. The molecular weight excluding hydrogens is 439 g/mol. The van der Waals surface area contributed by atoms with Gasteiger partial charge in [-0.2, -0.15) is 0 Å². The van der Waals surface area contributed by atoms with Crippen LogP contribution < -0.4 is 0 Å². The van der Waals surface area contributed by atoms with Crippen molar-refractivity contribution in [2.24, 2.45) is 11.8 Å². The number of rotatable bonds is 7. The predicted octanol–water partition coefficient (Wildman–Crippen LogP) is 10.6. The van der Waals surface area contributed by atoms with Gasteiger partial charge in [-0.3, -0.25) is 0 Å². The molecule has 36 heavy (non-hydrogen) atoms. The fourth-order valence-electron chi connectivity index (χ4n) is 6.74. The Labute approximate surface area is 221 Å². The Balaban J connectivity index is 1.86. The van der Waals surface area contributed by atoms with Crippen LogP contribution in [0.5, 0.6) is 0 Å². The van der Waals surface area contributed by atoms with Crippen LogP contribution in [0.3, 0.4) is 0 Å². The van der Waals surface area contributed by atoms with E-state index in [2.05, 4.69) is 75.3 Å². The highest BCUT2D eigenvalue weighted by Crippen LogP contribution is 2.37. The van der Waals surface area contributed by atoms with Crippen LogP contribution in [0.1, 0.15) is 112 Å². The molecule has 1 saturated carbocycles. The Morgan fingerprint density at radius 2 is 1.14 bits per heavy atom. The molecule has 0 heterocycles. The van der Waals surface area contributed by atoms with Crippen LogP contribution in [-0.2, 0) is 6.42 Å². The Morgan fingerprint density at radius 1 is 0.667 bits per heavy atom. The van der Waals surface area contributed by atoms with E-state index in [1.165, 1.54) is 105 Å². The lowest BCUT2D eigenvalue weighted by Crippen LogP contribution is -2.15. The van der Waals surface area contributed by atoms with Crippen LogP contribution in [0.4, 0.5) is 4.39 Å². The second-order valence-electron chi connectivity index (χ2n) is 11.7. The first kappa shape index (κ1) is 28.4. The predicted molar refractivity (Wildman–Crippen MR) is 158 cm³/mol. The smallest absolute Gasteiger partial charge is 0.0827 e. The van der Waals surface area contributed by atoms with Crippen molar-refractivity contribution in [3.63, 3.8) is 0 Å². The van der Waals surface area contributed by atoms with E-state index >= 15 is 0 Å². The molecule has 3 rings (SSSR count). The first-order chi connectivity index (χ1) is 17.0. The van der Waals surface area contributed by atoms with Gasteiger partial charge in [0, 0.05) is 0 Å². The molecule has 0 radical (unpaired) electrons. The van der Waals surface area contributed by atoms with Crippen molar-refractivity contribution in [1.29, 1.82) is 0 Å². The summed E-state index contributed by atoms with van der Waals surface area (Å²) < 4.78 is 12.4. The molecule has 196 valence electrons. The first-order valence-corrected chi connectivity index (χ1v) is 14.1. The van der Waals surface area contributed by atoms with Gasteiger partial charge in [0.05, 0.1) is 6.33 Å². The summed E-state index contributed by atoms with van der Waals surface area (Å²) in [6.07, 6.45) is 13.3. The third-order valence-corrected chi connectivity index (χ3v) is 9.92. The number of benzene rings is 2. The van der Waals surface area contributed by atoms with E-state index in [4.69, 9.17) is 0 Å². The third kappa shape index (κ3) is 5.71. The van der Waals surface area contributed by atoms with E-state index in [0.29, 0.717) is 12.2 Å². The van der Waals surface area contributed by atoms with Crippen molar-refractivity contribution in [2.45, 2.75) is 114 Å². The van der Waals surface area contributed by atoms with Crippen LogP contribution in [0.2, 0.25) is 0 Å². The lowest BCUT2D eigenvalue weighted by molar-refractivity contribution is 0.264. The number of allylic oxidation sites excluding steroid dienone is 2. The van der Waals surface area contributed by atoms with Gasteiger partial charge in [-0.25, -0.2) is 4.39 Å². The van der Waals surface area contributed by atoms with Crippen LogP contribution >= 0.6 is 0 Å². The summed E-state index contributed by atoms with van der Waals surface area (Å²) in [5, 5.41) is 0. The zero-order chi connectivity index (χ0) is 26.7. The molecule has 2 aromatic carbocycles. The molecule has 1 fully saturated rings. The van der Waals surface area contributed by atoms with Gasteiger partial charge in [-0.1, -0.05) is 25.0 Å². The zero-order valence-electron chi connectivity index (χ0n) is 24.7. The van der Waals surface area contributed by atoms with Gasteiger partial charge < -0.3 is 0 Å². The molecule has 2 aromatic rings. The van der Waals surface area contributed by atoms with Gasteiger partial charge in [0.2, 0.25) is 0 Å². The molecule has 1 aliphatic carbocycles. The van der Waals surface area contributed by atoms with Crippen LogP contribution in [0.15, 0.2) is 12.4 Å². The SMILES string of the molecule is C/C(=C\c1c(C)c(C)c(CCC2CCC(C/C=C/F)CC2)c(C)c1C)c1c(C)c(C)c(C)c(C)c1C. The van der Waals surface area contributed by atoms with Crippen LogP contribution in [0, 0.1) is 74.1 Å². The molecular formula is C35H49F. The van der Waals surface area contributed by atoms with E-state index < -0.39 is 0 Å². The second kappa shape index (κ2) is 11.9. The fourth-order valence-corrected chi connectivity index (χ4v) is 6.74. The number of hydrogen-bond donors (Lipinski definition) is 0. The molecule has 0 nitrogen and oxygen atoms in total. The average Bonchev–Trinajstić information content (AvgIpc) is 2.87. The minimum atomic E-state index is 0.684.